The van der Waals surface area contributed by atoms with Gasteiger partial charge < -0.3 is 65.1 Å². The molecule has 0 aliphatic carbocycles. The zero-order chi connectivity index (χ0) is 52.4. The van der Waals surface area contributed by atoms with Gasteiger partial charge in [-0.25, -0.2) is 0 Å². The summed E-state index contributed by atoms with van der Waals surface area (Å²) < 4.78 is 22.7. The lowest BCUT2D eigenvalue weighted by Crippen LogP contribution is -2.65. The smallest absolute Gasteiger partial charge is 0.220 e. The maximum absolute atomic E-state index is 13.2. The van der Waals surface area contributed by atoms with Gasteiger partial charge in [-0.3, -0.25) is 4.79 Å². The molecular weight excluding hydrogens is 919 g/mol. The molecule has 0 aromatic rings. The minimum absolute atomic E-state index is 0.255. The number of carbonyl (C=O) groups is 1. The van der Waals surface area contributed by atoms with Gasteiger partial charge in [0.05, 0.1) is 32.0 Å². The summed E-state index contributed by atoms with van der Waals surface area (Å²) in [5.74, 6) is -0.255. The molecule has 12 unspecified atom stereocenters. The van der Waals surface area contributed by atoms with Gasteiger partial charge in [-0.05, 0) is 70.6 Å². The number of aliphatic hydroxyl groups excluding tert-OH is 8. The van der Waals surface area contributed by atoms with Crippen LogP contribution in [0.5, 0.6) is 0 Å². The minimum atomic E-state index is -1.79. The van der Waals surface area contributed by atoms with Crippen molar-refractivity contribution in [2.24, 2.45) is 0 Å². The molecule has 0 spiro atoms. The van der Waals surface area contributed by atoms with Crippen molar-refractivity contribution in [1.82, 2.24) is 5.32 Å². The number of unbranched alkanes of at least 4 members (excludes halogenated alkanes) is 26. The summed E-state index contributed by atoms with van der Waals surface area (Å²) >= 11 is 0. The molecule has 0 saturated carbocycles. The van der Waals surface area contributed by atoms with Crippen molar-refractivity contribution >= 4 is 5.91 Å². The molecular formula is C58H105NO13. The number of hydrogen-bond donors (Lipinski definition) is 9. The van der Waals surface area contributed by atoms with E-state index in [0.29, 0.717) is 12.8 Å². The first-order valence-corrected chi connectivity index (χ1v) is 28.9. The molecule has 0 bridgehead atoms. The van der Waals surface area contributed by atoms with Crippen LogP contribution >= 0.6 is 0 Å². The molecule has 0 aromatic carbocycles. The fraction of sp³-hybridized carbons (Fsp3) is 0.845. The number of aliphatic hydroxyl groups is 8. The Morgan fingerprint density at radius 1 is 0.486 bits per heavy atom. The molecule has 2 fully saturated rings. The fourth-order valence-corrected chi connectivity index (χ4v) is 9.26. The summed E-state index contributed by atoms with van der Waals surface area (Å²) in [6, 6.07) is -0.938. The average Bonchev–Trinajstić information content (AvgIpc) is 3.38. The second-order valence-corrected chi connectivity index (χ2v) is 20.4. The number of ether oxygens (including phenoxy) is 4. The number of carbonyl (C=O) groups excluding carboxylic acids is 1. The van der Waals surface area contributed by atoms with Crippen LogP contribution in [0.2, 0.25) is 0 Å². The molecule has 14 nitrogen and oxygen atoms in total. The third-order valence-electron chi connectivity index (χ3n) is 14.0. The summed E-state index contributed by atoms with van der Waals surface area (Å²) in [4.78, 5) is 13.2. The normalized spacial score (nSPS) is 25.9. The summed E-state index contributed by atoms with van der Waals surface area (Å²) in [5.41, 5.74) is 0. The first kappa shape index (κ1) is 66.1. The van der Waals surface area contributed by atoms with Gasteiger partial charge in [-0.2, -0.15) is 0 Å². The molecule has 2 saturated heterocycles. The van der Waals surface area contributed by atoms with Crippen LogP contribution in [-0.4, -0.2) is 140 Å². The molecule has 2 aliphatic heterocycles. The number of hydrogen-bond acceptors (Lipinski definition) is 13. The number of amides is 1. The highest BCUT2D eigenvalue weighted by atomic mass is 16.7. The van der Waals surface area contributed by atoms with E-state index in [1.165, 1.54) is 141 Å². The standard InChI is InChI=1S/C58H105NO13/c1-3-5-7-9-11-13-15-17-19-20-21-22-23-24-25-26-28-30-32-34-36-38-40-42-50(63)59-46(47(62)41-39-37-35-33-31-29-27-18-16-14-12-10-8-6-4-2)45-69-57-55(68)53(66)56(49(44-61)71-57)72-58-54(67)52(65)51(64)48(43-60)70-58/h16,18,20-21,31,33,39,41,46-49,51-58,60-62,64-68H,3-15,17,19,22-30,32,34-38,40,42-45H2,1-2H3,(H,59,63)/b18-16+,21-20-,33-31+,41-39+. The number of allylic oxidation sites excluding steroid dienone is 7. The summed E-state index contributed by atoms with van der Waals surface area (Å²) in [5, 5.41) is 86.9. The van der Waals surface area contributed by atoms with Gasteiger partial charge in [0.25, 0.3) is 0 Å². The fourth-order valence-electron chi connectivity index (χ4n) is 9.26. The van der Waals surface area contributed by atoms with Crippen LogP contribution < -0.4 is 5.32 Å². The maximum Gasteiger partial charge on any atom is 0.220 e. The van der Waals surface area contributed by atoms with Crippen LogP contribution in [0.25, 0.3) is 0 Å². The lowest BCUT2D eigenvalue weighted by molar-refractivity contribution is -0.359. The molecule has 14 heteroatoms. The van der Waals surface area contributed by atoms with Crippen molar-refractivity contribution < 1.29 is 64.6 Å². The molecule has 1 amide bonds. The van der Waals surface area contributed by atoms with E-state index < -0.39 is 86.8 Å². The van der Waals surface area contributed by atoms with Crippen LogP contribution in [-0.2, 0) is 23.7 Å². The second kappa shape index (κ2) is 44.1. The predicted octanol–water partition coefficient (Wildman–Crippen LogP) is 9.22. The SMILES string of the molecule is CCCCCCC/C=C/CC/C=C/CC/C=C/C(O)C(COC1OC(CO)C(OC2OC(CO)C(O)C(O)C2O)C(O)C1O)NC(=O)CCCCCCCCCCCCC/C=C\CCCCCCCCCC. The van der Waals surface area contributed by atoms with Crippen molar-refractivity contribution in [3.05, 3.63) is 48.6 Å². The van der Waals surface area contributed by atoms with E-state index in [1.54, 1.807) is 6.08 Å². The number of nitrogens with one attached hydrogen (secondary N) is 1. The van der Waals surface area contributed by atoms with E-state index in [0.717, 1.165) is 44.9 Å². The average molecular weight is 1020 g/mol. The van der Waals surface area contributed by atoms with E-state index in [1.807, 2.05) is 6.08 Å². The van der Waals surface area contributed by atoms with Gasteiger partial charge in [-0.1, -0.05) is 191 Å². The molecule has 2 rings (SSSR count). The van der Waals surface area contributed by atoms with Crippen LogP contribution in [0.3, 0.4) is 0 Å². The van der Waals surface area contributed by atoms with Gasteiger partial charge in [0, 0.05) is 6.42 Å². The van der Waals surface area contributed by atoms with E-state index in [-0.39, 0.29) is 18.9 Å². The van der Waals surface area contributed by atoms with Crippen molar-refractivity contribution in [3.8, 4) is 0 Å². The largest absolute Gasteiger partial charge is 0.394 e. The Morgan fingerprint density at radius 3 is 1.36 bits per heavy atom. The zero-order valence-corrected chi connectivity index (χ0v) is 44.9. The monoisotopic (exact) mass is 1020 g/mol. The Balaban J connectivity index is 1.78. The van der Waals surface area contributed by atoms with Crippen molar-refractivity contribution in [3.63, 3.8) is 0 Å². The van der Waals surface area contributed by atoms with Crippen molar-refractivity contribution in [1.29, 1.82) is 0 Å². The molecule has 9 N–H and O–H groups in total. The van der Waals surface area contributed by atoms with Gasteiger partial charge in [0.15, 0.2) is 12.6 Å². The molecule has 0 aromatic heterocycles. The van der Waals surface area contributed by atoms with E-state index >= 15 is 0 Å². The topological polar surface area (TPSA) is 228 Å². The quantitative estimate of drug-likeness (QED) is 0.0205. The highest BCUT2D eigenvalue weighted by Gasteiger charge is 2.51. The second-order valence-electron chi connectivity index (χ2n) is 20.4. The van der Waals surface area contributed by atoms with E-state index in [9.17, 15) is 45.6 Å². The van der Waals surface area contributed by atoms with Crippen molar-refractivity contribution in [2.45, 2.75) is 293 Å². The number of rotatable bonds is 45. The molecule has 420 valence electrons. The molecule has 72 heavy (non-hydrogen) atoms. The maximum atomic E-state index is 13.2. The Kier molecular flexibility index (Phi) is 40.5. The first-order valence-electron chi connectivity index (χ1n) is 28.9. The van der Waals surface area contributed by atoms with Crippen LogP contribution in [0.15, 0.2) is 48.6 Å². The van der Waals surface area contributed by atoms with Gasteiger partial charge >= 0.3 is 0 Å². The van der Waals surface area contributed by atoms with Crippen LogP contribution in [0.4, 0.5) is 0 Å². The molecule has 2 heterocycles. The lowest BCUT2D eigenvalue weighted by Gasteiger charge is -2.46. The van der Waals surface area contributed by atoms with Crippen molar-refractivity contribution in [2.75, 3.05) is 19.8 Å². The Morgan fingerprint density at radius 2 is 0.889 bits per heavy atom. The molecule has 2 aliphatic rings. The third-order valence-corrected chi connectivity index (χ3v) is 14.0. The Labute approximate surface area is 435 Å². The zero-order valence-electron chi connectivity index (χ0n) is 44.9. The van der Waals surface area contributed by atoms with Crippen LogP contribution in [0, 0.1) is 0 Å². The summed E-state index contributed by atoms with van der Waals surface area (Å²) in [7, 11) is 0. The lowest BCUT2D eigenvalue weighted by atomic mass is 9.97. The minimum Gasteiger partial charge on any atom is -0.394 e. The van der Waals surface area contributed by atoms with Crippen LogP contribution in [0.1, 0.15) is 219 Å². The van der Waals surface area contributed by atoms with E-state index in [4.69, 9.17) is 18.9 Å². The Hall–Kier alpha value is -2.05. The molecule has 0 radical (unpaired) electrons. The summed E-state index contributed by atoms with van der Waals surface area (Å²) in [6.07, 6.45) is 37.2. The van der Waals surface area contributed by atoms with Gasteiger partial charge in [-0.15, -0.1) is 0 Å². The highest BCUT2D eigenvalue weighted by Crippen LogP contribution is 2.30. The Bertz CT molecular complexity index is 1390. The third kappa shape index (κ3) is 29.9. The van der Waals surface area contributed by atoms with E-state index in [2.05, 4.69) is 55.6 Å². The first-order chi connectivity index (χ1) is 35.1. The molecule has 12 atom stereocenters. The van der Waals surface area contributed by atoms with Gasteiger partial charge in [0.1, 0.15) is 48.8 Å². The summed E-state index contributed by atoms with van der Waals surface area (Å²) in [6.45, 7) is 2.75. The predicted molar refractivity (Wildman–Crippen MR) is 286 cm³/mol. The highest BCUT2D eigenvalue weighted by molar-refractivity contribution is 5.76. The van der Waals surface area contributed by atoms with Gasteiger partial charge in [0.2, 0.25) is 5.91 Å².